The van der Waals surface area contributed by atoms with Gasteiger partial charge in [-0.2, -0.15) is 15.3 Å². The van der Waals surface area contributed by atoms with E-state index in [1.54, 1.807) is 16.8 Å². The summed E-state index contributed by atoms with van der Waals surface area (Å²) in [6.45, 7) is 1.82. The van der Waals surface area contributed by atoms with Crippen molar-refractivity contribution in [2.24, 2.45) is 7.05 Å². The topological polar surface area (TPSA) is 123 Å². The van der Waals surface area contributed by atoms with Crippen molar-refractivity contribution in [2.75, 3.05) is 5.32 Å². The zero-order chi connectivity index (χ0) is 26.3. The minimum atomic E-state index is -0.844. The second-order valence-corrected chi connectivity index (χ2v) is 8.71. The third-order valence-corrected chi connectivity index (χ3v) is 6.10. The van der Waals surface area contributed by atoms with Gasteiger partial charge in [0.2, 0.25) is 5.95 Å². The van der Waals surface area contributed by atoms with E-state index in [2.05, 4.69) is 20.4 Å². The first-order valence-electron chi connectivity index (χ1n) is 11.0. The van der Waals surface area contributed by atoms with Crippen molar-refractivity contribution in [3.05, 3.63) is 103 Å². The van der Waals surface area contributed by atoms with Gasteiger partial charge in [0, 0.05) is 30.0 Å². The van der Waals surface area contributed by atoms with Crippen molar-refractivity contribution in [1.29, 1.82) is 5.26 Å². The number of fused-ring (bicyclic) bond motifs is 1. The van der Waals surface area contributed by atoms with E-state index < -0.39 is 17.2 Å². The fourth-order valence-electron chi connectivity index (χ4n) is 3.95. The van der Waals surface area contributed by atoms with Gasteiger partial charge in [-0.05, 0) is 48.9 Å². The Kier molecular flexibility index (Phi) is 6.02. The Bertz CT molecular complexity index is 1850. The summed E-state index contributed by atoms with van der Waals surface area (Å²) >= 11 is 6.03. The van der Waals surface area contributed by atoms with Gasteiger partial charge in [-0.15, -0.1) is 0 Å². The second-order valence-electron chi connectivity index (χ2n) is 8.28. The summed E-state index contributed by atoms with van der Waals surface area (Å²) in [5, 5.41) is 17.8. The van der Waals surface area contributed by atoms with Crippen LogP contribution in [0.1, 0.15) is 16.8 Å². The molecule has 0 bridgehead atoms. The largest absolute Gasteiger partial charge is 0.359 e. The Morgan fingerprint density at radius 3 is 2.70 bits per heavy atom. The third kappa shape index (κ3) is 4.46. The minimum absolute atomic E-state index is 0.0371. The predicted molar refractivity (Wildman–Crippen MR) is 136 cm³/mol. The van der Waals surface area contributed by atoms with E-state index in [1.807, 2.05) is 26.1 Å². The van der Waals surface area contributed by atoms with Gasteiger partial charge in [0.05, 0.1) is 34.5 Å². The maximum Gasteiger partial charge on any atom is 0.359 e. The summed E-state index contributed by atoms with van der Waals surface area (Å²) in [6, 6.07) is 12.5. The zero-order valence-electron chi connectivity index (χ0n) is 19.6. The standard InChI is InChI=1S/C25H18ClFN8O2/c1-14-20-9-18(4-6-22(20)32-33(14)2)30-23-31-24(36)35(19-8-17(26)11-29-12-19)25(37)34(23)13-15-3-5-21(27)16(7-15)10-28/h3-9,11-12H,13H2,1-2H3,(H,30,31,36). The molecule has 10 nitrogen and oxygen atoms in total. The molecular formula is C25H18ClFN8O2. The molecule has 2 aromatic carbocycles. The van der Waals surface area contributed by atoms with Crippen molar-refractivity contribution < 1.29 is 4.39 Å². The molecule has 3 heterocycles. The van der Waals surface area contributed by atoms with Gasteiger partial charge in [0.1, 0.15) is 11.9 Å². The lowest BCUT2D eigenvalue weighted by atomic mass is 10.1. The molecule has 0 saturated carbocycles. The van der Waals surface area contributed by atoms with Crippen LogP contribution in [0.5, 0.6) is 0 Å². The maximum absolute atomic E-state index is 13.9. The number of rotatable bonds is 5. The van der Waals surface area contributed by atoms with Gasteiger partial charge >= 0.3 is 11.4 Å². The van der Waals surface area contributed by atoms with Gasteiger partial charge in [0.25, 0.3) is 0 Å². The monoisotopic (exact) mass is 516 g/mol. The molecule has 0 aliphatic heterocycles. The Balaban J connectivity index is 1.67. The smallest absolute Gasteiger partial charge is 0.325 e. The summed E-state index contributed by atoms with van der Waals surface area (Å²) in [5.74, 6) is -0.713. The number of nitrogens with zero attached hydrogens (tertiary/aromatic N) is 7. The quantitative estimate of drug-likeness (QED) is 0.379. The first kappa shape index (κ1) is 23.9. The van der Waals surface area contributed by atoms with Crippen LogP contribution in [0.2, 0.25) is 5.02 Å². The van der Waals surface area contributed by atoms with Gasteiger partial charge in [-0.1, -0.05) is 17.7 Å². The summed E-state index contributed by atoms with van der Waals surface area (Å²) in [7, 11) is 1.84. The van der Waals surface area contributed by atoms with Crippen molar-refractivity contribution in [3.63, 3.8) is 0 Å². The summed E-state index contributed by atoms with van der Waals surface area (Å²) in [4.78, 5) is 34.7. The SMILES string of the molecule is Cc1c2cc(Nc3nc(=O)n(-c4cncc(Cl)c4)c(=O)n3Cc3ccc(F)c(C#N)c3)ccc2nn1C. The number of hydrogen-bond donors (Lipinski definition) is 1. The Morgan fingerprint density at radius 1 is 1.14 bits per heavy atom. The molecule has 3 aromatic heterocycles. The summed E-state index contributed by atoms with van der Waals surface area (Å²) in [5.41, 5.74) is 1.15. The van der Waals surface area contributed by atoms with Crippen LogP contribution in [0.4, 0.5) is 16.0 Å². The van der Waals surface area contributed by atoms with Gasteiger partial charge in [-0.3, -0.25) is 14.2 Å². The van der Waals surface area contributed by atoms with Crippen molar-refractivity contribution >= 4 is 34.1 Å². The van der Waals surface area contributed by atoms with Crippen LogP contribution >= 0.6 is 11.6 Å². The molecule has 0 aliphatic rings. The molecule has 0 aliphatic carbocycles. The van der Waals surface area contributed by atoms with E-state index >= 15 is 0 Å². The second kappa shape index (κ2) is 9.33. The highest BCUT2D eigenvalue weighted by molar-refractivity contribution is 6.30. The molecule has 184 valence electrons. The average Bonchev–Trinajstić information content (AvgIpc) is 3.15. The number of benzene rings is 2. The Labute approximate surface area is 213 Å². The van der Waals surface area contributed by atoms with Gasteiger partial charge in [0.15, 0.2) is 0 Å². The van der Waals surface area contributed by atoms with E-state index in [1.165, 1.54) is 35.2 Å². The molecule has 0 spiro atoms. The van der Waals surface area contributed by atoms with Crippen molar-refractivity contribution in [1.82, 2.24) is 28.9 Å². The molecule has 1 N–H and O–H groups in total. The van der Waals surface area contributed by atoms with Gasteiger partial charge < -0.3 is 5.32 Å². The molecule has 0 unspecified atom stereocenters. The summed E-state index contributed by atoms with van der Waals surface area (Å²) < 4.78 is 17.7. The highest BCUT2D eigenvalue weighted by atomic mass is 35.5. The molecule has 5 rings (SSSR count). The van der Waals surface area contributed by atoms with E-state index in [0.717, 1.165) is 27.2 Å². The van der Waals surface area contributed by atoms with Crippen LogP contribution < -0.4 is 16.7 Å². The molecule has 0 amide bonds. The minimum Gasteiger partial charge on any atom is -0.325 e. The molecule has 37 heavy (non-hydrogen) atoms. The molecule has 0 atom stereocenters. The number of halogens is 2. The highest BCUT2D eigenvalue weighted by Crippen LogP contribution is 2.23. The van der Waals surface area contributed by atoms with E-state index in [4.69, 9.17) is 11.6 Å². The Hall–Kier alpha value is -4.82. The lowest BCUT2D eigenvalue weighted by Gasteiger charge is -2.16. The molecule has 12 heteroatoms. The number of aryl methyl sites for hydroxylation is 2. The Morgan fingerprint density at radius 2 is 1.95 bits per heavy atom. The first-order chi connectivity index (χ1) is 17.7. The van der Waals surface area contributed by atoms with Gasteiger partial charge in [-0.25, -0.2) is 18.5 Å². The summed E-state index contributed by atoms with van der Waals surface area (Å²) in [6.07, 6.45) is 2.69. The van der Waals surface area contributed by atoms with Crippen LogP contribution in [0.3, 0.4) is 0 Å². The zero-order valence-corrected chi connectivity index (χ0v) is 20.4. The molecule has 5 aromatic rings. The molecular weight excluding hydrogens is 499 g/mol. The highest BCUT2D eigenvalue weighted by Gasteiger charge is 2.17. The van der Waals surface area contributed by atoms with E-state index in [9.17, 15) is 19.2 Å². The van der Waals surface area contributed by atoms with Crippen LogP contribution in [0.25, 0.3) is 16.6 Å². The maximum atomic E-state index is 13.9. The van der Waals surface area contributed by atoms with E-state index in [0.29, 0.717) is 11.3 Å². The number of hydrogen-bond acceptors (Lipinski definition) is 7. The number of anilines is 2. The lowest BCUT2D eigenvalue weighted by Crippen LogP contribution is -2.41. The number of aromatic nitrogens is 6. The lowest BCUT2D eigenvalue weighted by molar-refractivity contribution is 0.620. The fourth-order valence-corrected chi connectivity index (χ4v) is 4.11. The van der Waals surface area contributed by atoms with Crippen molar-refractivity contribution in [3.8, 4) is 11.8 Å². The molecule has 0 saturated heterocycles. The van der Waals surface area contributed by atoms with E-state index in [-0.39, 0.29) is 28.8 Å². The van der Waals surface area contributed by atoms with Crippen LogP contribution in [-0.2, 0) is 13.6 Å². The predicted octanol–water partition coefficient (Wildman–Crippen LogP) is 3.44. The fraction of sp³-hybridized carbons (Fsp3) is 0.120. The third-order valence-electron chi connectivity index (χ3n) is 5.90. The first-order valence-corrected chi connectivity index (χ1v) is 11.4. The van der Waals surface area contributed by atoms with Crippen LogP contribution in [0, 0.1) is 24.1 Å². The number of nitriles is 1. The normalized spacial score (nSPS) is 11.0. The number of nitrogens with one attached hydrogen (secondary N) is 1. The van der Waals surface area contributed by atoms with Crippen LogP contribution in [0.15, 0.2) is 64.4 Å². The molecule has 0 radical (unpaired) electrons. The average molecular weight is 517 g/mol. The van der Waals surface area contributed by atoms with Crippen molar-refractivity contribution in [2.45, 2.75) is 13.5 Å². The molecule has 0 fully saturated rings. The van der Waals surface area contributed by atoms with Crippen LogP contribution in [-0.4, -0.2) is 28.9 Å². The number of pyridine rings is 1.